The number of anilines is 1. The van der Waals surface area contributed by atoms with Crippen molar-refractivity contribution >= 4 is 23.5 Å². The fourth-order valence-electron chi connectivity index (χ4n) is 4.62. The van der Waals surface area contributed by atoms with E-state index in [1.807, 2.05) is 31.2 Å². The van der Waals surface area contributed by atoms with Crippen molar-refractivity contribution in [2.24, 2.45) is 11.8 Å². The second-order valence-electron chi connectivity index (χ2n) is 7.87. The molecular formula is C22H22FN2O4+. The molecule has 2 aromatic rings. The number of halogens is 1. The van der Waals surface area contributed by atoms with Gasteiger partial charge in [-0.3, -0.25) is 9.59 Å². The predicted molar refractivity (Wildman–Crippen MR) is 102 cm³/mol. The van der Waals surface area contributed by atoms with Gasteiger partial charge < -0.3 is 10.1 Å². The van der Waals surface area contributed by atoms with E-state index in [-0.39, 0.29) is 5.91 Å². The maximum Gasteiger partial charge on any atom is 0.368 e. The molecule has 2 aliphatic rings. The Morgan fingerprint density at radius 2 is 1.69 bits per heavy atom. The van der Waals surface area contributed by atoms with Crippen molar-refractivity contribution in [1.82, 2.24) is 0 Å². The number of ether oxygens (including phenoxy) is 1. The van der Waals surface area contributed by atoms with Crippen LogP contribution >= 0.6 is 0 Å². The quantitative estimate of drug-likeness (QED) is 0.629. The Hall–Kier alpha value is -3.06. The van der Waals surface area contributed by atoms with E-state index in [0.29, 0.717) is 5.69 Å². The zero-order valence-electron chi connectivity index (χ0n) is 16.4. The van der Waals surface area contributed by atoms with Crippen LogP contribution in [-0.4, -0.2) is 30.4 Å². The number of aryl methyl sites for hydroxylation is 1. The number of rotatable bonds is 3. The molecule has 2 aliphatic heterocycles. The molecule has 0 spiro atoms. The van der Waals surface area contributed by atoms with Gasteiger partial charge in [-0.2, -0.15) is 0 Å². The molecule has 2 heterocycles. The van der Waals surface area contributed by atoms with Gasteiger partial charge >= 0.3 is 5.97 Å². The average Bonchev–Trinajstić information content (AvgIpc) is 3.17. The number of esters is 1. The van der Waals surface area contributed by atoms with E-state index in [1.54, 1.807) is 12.2 Å². The summed E-state index contributed by atoms with van der Waals surface area (Å²) in [5.41, 5.74) is 0.989. The largest absolute Gasteiger partial charge is 0.464 e. The Balaban J connectivity index is 1.81. The summed E-state index contributed by atoms with van der Waals surface area (Å²) in [7, 11) is 1.27. The molecule has 0 bridgehead atoms. The number of imide groups is 1. The van der Waals surface area contributed by atoms with Gasteiger partial charge in [-0.15, -0.1) is 0 Å². The molecule has 0 aromatic heterocycles. The van der Waals surface area contributed by atoms with Gasteiger partial charge in [0.2, 0.25) is 17.4 Å². The molecule has 4 atom stereocenters. The highest BCUT2D eigenvalue weighted by atomic mass is 19.1. The average molecular weight is 397 g/mol. The molecular weight excluding hydrogens is 375 g/mol. The first kappa shape index (κ1) is 19.3. The van der Waals surface area contributed by atoms with E-state index >= 15 is 0 Å². The maximum absolute atomic E-state index is 13.4. The number of carbonyl (C=O) groups is 3. The van der Waals surface area contributed by atoms with Gasteiger partial charge in [0.1, 0.15) is 23.7 Å². The Kier molecular flexibility index (Phi) is 4.50. The first-order valence-corrected chi connectivity index (χ1v) is 9.42. The van der Waals surface area contributed by atoms with Crippen LogP contribution in [0.25, 0.3) is 0 Å². The number of hydrogen-bond acceptors (Lipinski definition) is 4. The fourth-order valence-corrected chi connectivity index (χ4v) is 4.62. The van der Waals surface area contributed by atoms with E-state index in [0.717, 1.165) is 16.0 Å². The number of amides is 2. The van der Waals surface area contributed by atoms with Crippen molar-refractivity contribution in [2.75, 3.05) is 12.0 Å². The molecule has 7 heteroatoms. The third-order valence-electron chi connectivity index (χ3n) is 6.08. The van der Waals surface area contributed by atoms with Gasteiger partial charge in [0.05, 0.1) is 12.8 Å². The maximum atomic E-state index is 13.4. The lowest BCUT2D eigenvalue weighted by molar-refractivity contribution is -0.730. The first-order valence-electron chi connectivity index (χ1n) is 9.42. The minimum atomic E-state index is -1.24. The Morgan fingerprint density at radius 3 is 2.28 bits per heavy atom. The molecule has 2 amide bonds. The molecule has 2 aromatic carbocycles. The van der Waals surface area contributed by atoms with Crippen molar-refractivity contribution in [1.29, 1.82) is 0 Å². The van der Waals surface area contributed by atoms with Crippen LogP contribution in [0.2, 0.25) is 0 Å². The van der Waals surface area contributed by atoms with Crippen molar-refractivity contribution < 1.29 is 28.8 Å². The topological polar surface area (TPSA) is 80.3 Å². The molecule has 2 saturated heterocycles. The monoisotopic (exact) mass is 397 g/mol. The Morgan fingerprint density at radius 1 is 1.07 bits per heavy atom. The minimum absolute atomic E-state index is 0.297. The smallest absolute Gasteiger partial charge is 0.368 e. The van der Waals surface area contributed by atoms with Gasteiger partial charge in [0, 0.05) is 12.5 Å². The molecule has 2 N–H and O–H groups in total. The highest BCUT2D eigenvalue weighted by Crippen LogP contribution is 2.45. The van der Waals surface area contributed by atoms with Gasteiger partial charge in [0.15, 0.2) is 0 Å². The zero-order valence-corrected chi connectivity index (χ0v) is 16.4. The van der Waals surface area contributed by atoms with Crippen LogP contribution < -0.4 is 10.2 Å². The standard InChI is InChI=1S/C22H21FN2O4/c1-12-4-6-13(7-5-12)18-16-17(22(2,24-18)21(28)29-3)20(27)25(19(16)26)15-10-8-14(23)9-11-15/h4-11,16-18,24H,1-3H3/p+1/t16-,17-,18-,22-/m0/s1. The number of methoxy groups -OCH3 is 1. The number of nitrogens with two attached hydrogens (primary N) is 1. The predicted octanol–water partition coefficient (Wildman–Crippen LogP) is 1.49. The van der Waals surface area contributed by atoms with Crippen molar-refractivity contribution in [3.63, 3.8) is 0 Å². The van der Waals surface area contributed by atoms with Crippen LogP contribution in [0, 0.1) is 24.6 Å². The number of fused-ring (bicyclic) bond motifs is 1. The third kappa shape index (κ3) is 2.84. The summed E-state index contributed by atoms with van der Waals surface area (Å²) in [5, 5.41) is 1.77. The van der Waals surface area contributed by atoms with E-state index in [9.17, 15) is 18.8 Å². The van der Waals surface area contributed by atoms with Crippen molar-refractivity contribution in [3.05, 3.63) is 65.5 Å². The van der Waals surface area contributed by atoms with Crippen LogP contribution in [0.15, 0.2) is 48.5 Å². The molecule has 0 unspecified atom stereocenters. The summed E-state index contributed by atoms with van der Waals surface area (Å²) in [6, 6.07) is 12.5. The van der Waals surface area contributed by atoms with Crippen molar-refractivity contribution in [3.8, 4) is 0 Å². The summed E-state index contributed by atoms with van der Waals surface area (Å²) < 4.78 is 18.3. The van der Waals surface area contributed by atoms with Gasteiger partial charge in [-0.05, 0) is 31.2 Å². The Labute approximate surface area is 167 Å². The number of carbonyl (C=O) groups excluding carboxylic acids is 3. The third-order valence-corrected chi connectivity index (χ3v) is 6.08. The van der Waals surface area contributed by atoms with Crippen molar-refractivity contribution in [2.45, 2.75) is 25.4 Å². The van der Waals surface area contributed by atoms with E-state index < -0.39 is 41.1 Å². The molecule has 6 nitrogen and oxygen atoms in total. The first-order chi connectivity index (χ1) is 13.8. The van der Waals surface area contributed by atoms with Crippen LogP contribution in [0.4, 0.5) is 10.1 Å². The SMILES string of the molecule is COC(=O)[C@@]1(C)[NH2+][C@@H](c2ccc(C)cc2)[C@H]2C(=O)N(c3ccc(F)cc3)C(=O)[C@H]21. The molecule has 0 radical (unpaired) electrons. The van der Waals surface area contributed by atoms with E-state index in [1.165, 1.54) is 31.4 Å². The van der Waals surface area contributed by atoms with Crippen LogP contribution in [0.5, 0.6) is 0 Å². The van der Waals surface area contributed by atoms with Crippen LogP contribution in [0.3, 0.4) is 0 Å². The van der Waals surface area contributed by atoms with Crippen LogP contribution in [0.1, 0.15) is 24.1 Å². The molecule has 29 heavy (non-hydrogen) atoms. The number of benzene rings is 2. The second kappa shape index (κ2) is 6.77. The molecule has 2 fully saturated rings. The van der Waals surface area contributed by atoms with E-state index in [2.05, 4.69) is 0 Å². The summed E-state index contributed by atoms with van der Waals surface area (Å²) in [5.74, 6) is -3.47. The summed E-state index contributed by atoms with van der Waals surface area (Å²) in [6.07, 6.45) is 0. The number of hydrogen-bond donors (Lipinski definition) is 1. The fraction of sp³-hybridized carbons (Fsp3) is 0.318. The lowest BCUT2D eigenvalue weighted by Crippen LogP contribution is -2.97. The summed E-state index contributed by atoms with van der Waals surface area (Å²) in [4.78, 5) is 40.4. The van der Waals surface area contributed by atoms with Gasteiger partial charge in [-0.25, -0.2) is 14.1 Å². The summed E-state index contributed by atoms with van der Waals surface area (Å²) >= 11 is 0. The number of nitrogens with zero attached hydrogens (tertiary/aromatic N) is 1. The van der Waals surface area contributed by atoms with Crippen LogP contribution in [-0.2, 0) is 19.1 Å². The number of quaternary nitrogens is 1. The second-order valence-corrected chi connectivity index (χ2v) is 7.87. The summed E-state index contributed by atoms with van der Waals surface area (Å²) in [6.45, 7) is 3.61. The molecule has 0 saturated carbocycles. The highest BCUT2D eigenvalue weighted by Gasteiger charge is 2.70. The Bertz CT molecular complexity index is 989. The van der Waals surface area contributed by atoms with Gasteiger partial charge in [-0.1, -0.05) is 29.8 Å². The molecule has 150 valence electrons. The normalized spacial score (nSPS) is 28.6. The lowest BCUT2D eigenvalue weighted by Gasteiger charge is -2.25. The van der Waals surface area contributed by atoms with Gasteiger partial charge in [0.25, 0.3) is 0 Å². The molecule has 0 aliphatic carbocycles. The minimum Gasteiger partial charge on any atom is -0.464 e. The molecule has 4 rings (SSSR count). The highest BCUT2D eigenvalue weighted by molar-refractivity contribution is 6.23. The van der Waals surface area contributed by atoms with E-state index in [4.69, 9.17) is 4.74 Å². The zero-order chi connectivity index (χ0) is 20.9. The lowest BCUT2D eigenvalue weighted by atomic mass is 9.80.